The van der Waals surface area contributed by atoms with Crippen molar-refractivity contribution in [3.63, 3.8) is 0 Å². The Bertz CT molecular complexity index is 1200. The van der Waals surface area contributed by atoms with E-state index in [2.05, 4.69) is 15.3 Å². The Morgan fingerprint density at radius 1 is 1.10 bits per heavy atom. The highest BCUT2D eigenvalue weighted by molar-refractivity contribution is 5.89. The van der Waals surface area contributed by atoms with E-state index < -0.39 is 5.97 Å². The van der Waals surface area contributed by atoms with Crippen LogP contribution in [0.3, 0.4) is 0 Å². The molecule has 0 aliphatic heterocycles. The monoisotopic (exact) mass is 390 g/mol. The van der Waals surface area contributed by atoms with E-state index >= 15 is 0 Å². The first-order valence-electron chi connectivity index (χ1n) is 8.75. The number of imidazole rings is 1. The van der Waals surface area contributed by atoms with E-state index in [1.165, 1.54) is 0 Å². The summed E-state index contributed by atoms with van der Waals surface area (Å²) in [4.78, 5) is 20.3. The average molecular weight is 390 g/mol. The number of carboxylic acids is 1. The molecule has 2 N–H and O–H groups in total. The lowest BCUT2D eigenvalue weighted by molar-refractivity contribution is 0.0697. The number of nitrogens with one attached hydrogen (secondary N) is 1. The van der Waals surface area contributed by atoms with Crippen molar-refractivity contribution in [3.8, 4) is 22.8 Å². The number of nitrogens with zero attached hydrogens (tertiary/aromatic N) is 3. The van der Waals surface area contributed by atoms with Crippen LogP contribution in [0.1, 0.15) is 10.4 Å². The number of methoxy groups -OCH3 is 2. The van der Waals surface area contributed by atoms with E-state index in [1.54, 1.807) is 56.9 Å². The summed E-state index contributed by atoms with van der Waals surface area (Å²) in [5.74, 6) is 0.748. The predicted octanol–water partition coefficient (Wildman–Crippen LogP) is 3.86. The minimum Gasteiger partial charge on any atom is -0.493 e. The van der Waals surface area contributed by atoms with Gasteiger partial charge in [0.05, 0.1) is 25.5 Å². The fourth-order valence-corrected chi connectivity index (χ4v) is 3.02. The molecule has 8 nitrogen and oxygen atoms in total. The largest absolute Gasteiger partial charge is 0.493 e. The minimum atomic E-state index is -0.987. The predicted molar refractivity (Wildman–Crippen MR) is 108 cm³/mol. The Labute approximate surface area is 166 Å². The third kappa shape index (κ3) is 3.55. The zero-order valence-electron chi connectivity index (χ0n) is 15.8. The van der Waals surface area contributed by atoms with Crippen LogP contribution in [0.4, 0.5) is 11.5 Å². The number of aromatic carboxylic acids is 1. The molecular formula is C21H18N4O4. The third-order valence-corrected chi connectivity index (χ3v) is 4.43. The van der Waals surface area contributed by atoms with Crippen LogP contribution in [0.15, 0.2) is 61.1 Å². The summed E-state index contributed by atoms with van der Waals surface area (Å²) >= 11 is 0. The molecule has 2 heterocycles. The molecule has 29 heavy (non-hydrogen) atoms. The number of ether oxygens (including phenoxy) is 2. The van der Waals surface area contributed by atoms with E-state index in [1.807, 2.05) is 22.7 Å². The average Bonchev–Trinajstić information content (AvgIpc) is 3.22. The summed E-state index contributed by atoms with van der Waals surface area (Å²) in [6.07, 6.45) is 5.29. The normalized spacial score (nSPS) is 10.7. The van der Waals surface area contributed by atoms with Crippen molar-refractivity contribution in [1.29, 1.82) is 0 Å². The van der Waals surface area contributed by atoms with E-state index in [0.717, 1.165) is 5.69 Å². The van der Waals surface area contributed by atoms with Crippen molar-refractivity contribution in [2.45, 2.75) is 0 Å². The zero-order valence-corrected chi connectivity index (χ0v) is 15.8. The second-order valence-corrected chi connectivity index (χ2v) is 6.21. The number of rotatable bonds is 6. The quantitative estimate of drug-likeness (QED) is 0.516. The van der Waals surface area contributed by atoms with Gasteiger partial charge in [-0.3, -0.25) is 0 Å². The molecule has 0 unspecified atom stereocenters. The summed E-state index contributed by atoms with van der Waals surface area (Å²) in [6, 6.07) is 12.1. The Balaban J connectivity index is 1.78. The summed E-state index contributed by atoms with van der Waals surface area (Å²) in [6.45, 7) is 0. The van der Waals surface area contributed by atoms with Crippen molar-refractivity contribution in [3.05, 3.63) is 66.6 Å². The van der Waals surface area contributed by atoms with Crippen molar-refractivity contribution in [2.75, 3.05) is 19.5 Å². The van der Waals surface area contributed by atoms with E-state index in [-0.39, 0.29) is 5.56 Å². The number of fused-ring (bicyclic) bond motifs is 1. The number of benzene rings is 2. The molecule has 4 rings (SSSR count). The Morgan fingerprint density at radius 2 is 1.93 bits per heavy atom. The zero-order chi connectivity index (χ0) is 20.4. The first-order valence-corrected chi connectivity index (χ1v) is 8.75. The van der Waals surface area contributed by atoms with Crippen LogP contribution in [0.5, 0.6) is 11.5 Å². The van der Waals surface area contributed by atoms with Crippen LogP contribution in [0.2, 0.25) is 0 Å². The number of hydrogen-bond donors (Lipinski definition) is 2. The van der Waals surface area contributed by atoms with Gasteiger partial charge in [0.1, 0.15) is 0 Å². The molecule has 0 amide bonds. The van der Waals surface area contributed by atoms with Crippen LogP contribution >= 0.6 is 0 Å². The Kier molecular flexibility index (Phi) is 4.74. The lowest BCUT2D eigenvalue weighted by atomic mass is 10.1. The molecule has 0 fully saturated rings. The molecule has 0 aliphatic rings. The van der Waals surface area contributed by atoms with Crippen molar-refractivity contribution < 1.29 is 19.4 Å². The van der Waals surface area contributed by atoms with Crippen LogP contribution in [0.25, 0.3) is 16.9 Å². The van der Waals surface area contributed by atoms with E-state index in [0.29, 0.717) is 34.2 Å². The Morgan fingerprint density at radius 3 is 2.69 bits per heavy atom. The molecule has 2 aromatic heterocycles. The lowest BCUT2D eigenvalue weighted by Gasteiger charge is -2.13. The second-order valence-electron chi connectivity index (χ2n) is 6.21. The van der Waals surface area contributed by atoms with Gasteiger partial charge in [0, 0.05) is 35.9 Å². The molecule has 0 aliphatic carbocycles. The molecule has 0 spiro atoms. The highest BCUT2D eigenvalue weighted by Gasteiger charge is 2.12. The molecule has 0 saturated carbocycles. The first-order chi connectivity index (χ1) is 14.1. The van der Waals surface area contributed by atoms with Crippen LogP contribution in [-0.4, -0.2) is 39.7 Å². The van der Waals surface area contributed by atoms with Gasteiger partial charge < -0.3 is 24.3 Å². The van der Waals surface area contributed by atoms with Crippen LogP contribution in [0, 0.1) is 0 Å². The van der Waals surface area contributed by atoms with E-state index in [9.17, 15) is 9.90 Å². The highest BCUT2D eigenvalue weighted by Crippen LogP contribution is 2.32. The maximum absolute atomic E-state index is 11.3. The summed E-state index contributed by atoms with van der Waals surface area (Å²) in [5, 5.41) is 12.5. The molecule has 0 bridgehead atoms. The van der Waals surface area contributed by atoms with Gasteiger partial charge in [-0.05, 0) is 24.3 Å². The van der Waals surface area contributed by atoms with Gasteiger partial charge in [-0.15, -0.1) is 0 Å². The van der Waals surface area contributed by atoms with Gasteiger partial charge in [0.2, 0.25) is 0 Å². The maximum atomic E-state index is 11.3. The Hall–Kier alpha value is -4.07. The molecule has 0 atom stereocenters. The SMILES string of the molecule is COc1ccc(Nc2nc(-c3cccc(C(=O)O)c3)cn3ccnc23)cc1OC. The summed E-state index contributed by atoms with van der Waals surface area (Å²) in [5.41, 5.74) is 2.89. The number of hydrogen-bond acceptors (Lipinski definition) is 6. The number of carbonyl (C=O) groups is 1. The molecular weight excluding hydrogens is 372 g/mol. The van der Waals surface area contributed by atoms with Gasteiger partial charge in [-0.25, -0.2) is 14.8 Å². The maximum Gasteiger partial charge on any atom is 0.335 e. The first kappa shape index (κ1) is 18.3. The molecule has 2 aromatic carbocycles. The van der Waals surface area contributed by atoms with Gasteiger partial charge in [0.25, 0.3) is 0 Å². The van der Waals surface area contributed by atoms with Gasteiger partial charge in [-0.1, -0.05) is 12.1 Å². The van der Waals surface area contributed by atoms with Crippen molar-refractivity contribution >= 4 is 23.1 Å². The number of aromatic nitrogens is 3. The number of anilines is 2. The second kappa shape index (κ2) is 7.51. The molecule has 8 heteroatoms. The van der Waals surface area contributed by atoms with Crippen molar-refractivity contribution in [1.82, 2.24) is 14.4 Å². The summed E-state index contributed by atoms with van der Waals surface area (Å²) in [7, 11) is 3.15. The number of carboxylic acid groups (broad SMARTS) is 1. The topological polar surface area (TPSA) is 98.0 Å². The minimum absolute atomic E-state index is 0.199. The third-order valence-electron chi connectivity index (χ3n) is 4.43. The summed E-state index contributed by atoms with van der Waals surface area (Å²) < 4.78 is 12.5. The fraction of sp³-hybridized carbons (Fsp3) is 0.0952. The standard InChI is InChI=1S/C21H18N4O4/c1-28-17-7-6-15(11-18(17)29-2)23-19-20-22-8-9-25(20)12-16(24-19)13-4-3-5-14(10-13)21(26)27/h3-12H,1-2H3,(H,23,24)(H,26,27). The lowest BCUT2D eigenvalue weighted by Crippen LogP contribution is -2.02. The van der Waals surface area contributed by atoms with Gasteiger partial charge >= 0.3 is 5.97 Å². The smallest absolute Gasteiger partial charge is 0.335 e. The molecule has 4 aromatic rings. The highest BCUT2D eigenvalue weighted by atomic mass is 16.5. The van der Waals surface area contributed by atoms with E-state index in [4.69, 9.17) is 9.47 Å². The molecule has 146 valence electrons. The van der Waals surface area contributed by atoms with Gasteiger partial charge in [-0.2, -0.15) is 0 Å². The van der Waals surface area contributed by atoms with Crippen LogP contribution < -0.4 is 14.8 Å². The van der Waals surface area contributed by atoms with Crippen LogP contribution in [-0.2, 0) is 0 Å². The fourth-order valence-electron chi connectivity index (χ4n) is 3.02. The van der Waals surface area contributed by atoms with Crippen molar-refractivity contribution in [2.24, 2.45) is 0 Å². The molecule has 0 radical (unpaired) electrons. The molecule has 0 saturated heterocycles. The van der Waals surface area contributed by atoms with Gasteiger partial charge in [0.15, 0.2) is 23.0 Å².